The zero-order valence-corrected chi connectivity index (χ0v) is 20.3. The van der Waals surface area contributed by atoms with Gasteiger partial charge in [-0.05, 0) is 50.9 Å². The van der Waals surface area contributed by atoms with Crippen molar-refractivity contribution in [2.24, 2.45) is 10.9 Å². The van der Waals surface area contributed by atoms with E-state index in [2.05, 4.69) is 27.4 Å². The van der Waals surface area contributed by atoms with Crippen LogP contribution in [0.3, 0.4) is 0 Å². The van der Waals surface area contributed by atoms with E-state index in [-0.39, 0.29) is 24.0 Å². The number of likely N-dealkylation sites (N-methyl/N-ethyl adjacent to an activating group) is 1. The molecule has 2 N–H and O–H groups in total. The number of guanidine groups is 1. The van der Waals surface area contributed by atoms with Crippen LogP contribution in [0.4, 0.5) is 0 Å². The van der Waals surface area contributed by atoms with Gasteiger partial charge in [-0.25, -0.2) is 0 Å². The molecule has 1 amide bonds. The third-order valence-electron chi connectivity index (χ3n) is 6.39. The minimum absolute atomic E-state index is 0. The molecule has 0 aromatic carbocycles. The van der Waals surface area contributed by atoms with Crippen LogP contribution in [0.5, 0.6) is 0 Å². The molecule has 4 rings (SSSR count). The van der Waals surface area contributed by atoms with Crippen LogP contribution in [0, 0.1) is 5.92 Å². The smallest absolute Gasteiger partial charge is 0.223 e. The number of amides is 1. The Bertz CT molecular complexity index is 692. The highest BCUT2D eigenvalue weighted by molar-refractivity contribution is 14.0. The third-order valence-corrected chi connectivity index (χ3v) is 6.39. The van der Waals surface area contributed by atoms with Gasteiger partial charge >= 0.3 is 0 Å². The van der Waals surface area contributed by atoms with Crippen molar-refractivity contribution in [1.82, 2.24) is 20.4 Å². The zero-order chi connectivity index (χ0) is 20.1. The van der Waals surface area contributed by atoms with Crippen LogP contribution < -0.4 is 10.6 Å². The van der Waals surface area contributed by atoms with E-state index < -0.39 is 0 Å². The quantitative estimate of drug-likeness (QED) is 0.292. The molecule has 1 aromatic rings. The van der Waals surface area contributed by atoms with E-state index in [0.717, 1.165) is 44.3 Å². The normalized spacial score (nSPS) is 24.9. The summed E-state index contributed by atoms with van der Waals surface area (Å²) >= 11 is 0. The summed E-state index contributed by atoms with van der Waals surface area (Å²) in [6.07, 6.45) is 8.07. The van der Waals surface area contributed by atoms with Gasteiger partial charge in [0.2, 0.25) is 5.91 Å². The van der Waals surface area contributed by atoms with E-state index in [1.54, 1.807) is 6.26 Å². The molecule has 2 saturated heterocycles. The number of rotatable bonds is 9. The SMILES string of the molecule is CCN1CCCC1CNC(=NCC1CC(=O)N(C2CC2)C1)NCCc1ccco1.I. The lowest BCUT2D eigenvalue weighted by Crippen LogP contribution is -2.45. The lowest BCUT2D eigenvalue weighted by molar-refractivity contribution is -0.128. The molecule has 0 spiro atoms. The highest BCUT2D eigenvalue weighted by Crippen LogP contribution is 2.32. The molecule has 30 heavy (non-hydrogen) atoms. The number of carbonyl (C=O) groups excluding carboxylic acids is 1. The monoisotopic (exact) mass is 529 g/mol. The first-order valence-electron chi connectivity index (χ1n) is 11.3. The number of aliphatic imine (C=N–C) groups is 1. The molecule has 3 heterocycles. The Kier molecular flexibility index (Phi) is 8.85. The summed E-state index contributed by atoms with van der Waals surface area (Å²) < 4.78 is 5.43. The van der Waals surface area contributed by atoms with Crippen molar-refractivity contribution in [3.05, 3.63) is 24.2 Å². The van der Waals surface area contributed by atoms with Gasteiger partial charge in [0.1, 0.15) is 5.76 Å². The number of nitrogens with one attached hydrogen (secondary N) is 2. The molecular weight excluding hydrogens is 493 g/mol. The van der Waals surface area contributed by atoms with Gasteiger partial charge in [-0.1, -0.05) is 6.92 Å². The molecule has 8 heteroatoms. The Labute approximate surface area is 197 Å². The third kappa shape index (κ3) is 6.35. The van der Waals surface area contributed by atoms with Crippen molar-refractivity contribution in [3.63, 3.8) is 0 Å². The van der Waals surface area contributed by atoms with Crippen LogP contribution in [-0.4, -0.2) is 73.0 Å². The Morgan fingerprint density at radius 3 is 2.90 bits per heavy atom. The highest BCUT2D eigenvalue weighted by Gasteiger charge is 2.39. The predicted molar refractivity (Wildman–Crippen MR) is 129 cm³/mol. The van der Waals surface area contributed by atoms with Gasteiger partial charge in [-0.15, -0.1) is 24.0 Å². The maximum atomic E-state index is 12.2. The highest BCUT2D eigenvalue weighted by atomic mass is 127. The minimum Gasteiger partial charge on any atom is -0.469 e. The fraction of sp³-hybridized carbons (Fsp3) is 0.727. The molecule has 2 unspecified atom stereocenters. The molecule has 3 fully saturated rings. The molecule has 168 valence electrons. The molecule has 7 nitrogen and oxygen atoms in total. The van der Waals surface area contributed by atoms with Crippen LogP contribution in [0.1, 0.15) is 44.8 Å². The van der Waals surface area contributed by atoms with Gasteiger partial charge in [0.05, 0.1) is 6.26 Å². The van der Waals surface area contributed by atoms with E-state index in [1.807, 2.05) is 12.1 Å². The molecule has 2 atom stereocenters. The predicted octanol–water partition coefficient (Wildman–Crippen LogP) is 2.47. The minimum atomic E-state index is 0. The number of hydrogen-bond donors (Lipinski definition) is 2. The molecular formula is C22H36IN5O2. The van der Waals surface area contributed by atoms with Gasteiger partial charge in [0.25, 0.3) is 0 Å². The Morgan fingerprint density at radius 2 is 2.17 bits per heavy atom. The fourth-order valence-electron chi connectivity index (χ4n) is 4.58. The summed E-state index contributed by atoms with van der Waals surface area (Å²) in [5.41, 5.74) is 0. The van der Waals surface area contributed by atoms with Crippen molar-refractivity contribution in [3.8, 4) is 0 Å². The lowest BCUT2D eigenvalue weighted by Gasteiger charge is -2.24. The number of likely N-dealkylation sites (tertiary alicyclic amines) is 2. The molecule has 0 radical (unpaired) electrons. The van der Waals surface area contributed by atoms with Gasteiger partial charge in [-0.2, -0.15) is 0 Å². The number of hydrogen-bond acceptors (Lipinski definition) is 4. The summed E-state index contributed by atoms with van der Waals surface area (Å²) in [5, 5.41) is 7.01. The average Bonchev–Trinajstić information content (AvgIpc) is 3.10. The van der Waals surface area contributed by atoms with Crippen molar-refractivity contribution < 1.29 is 9.21 Å². The van der Waals surface area contributed by atoms with E-state index in [1.165, 1.54) is 32.2 Å². The summed E-state index contributed by atoms with van der Waals surface area (Å²) in [6.45, 7) is 7.80. The zero-order valence-electron chi connectivity index (χ0n) is 18.0. The van der Waals surface area contributed by atoms with Crippen LogP contribution in [0.15, 0.2) is 27.8 Å². The summed E-state index contributed by atoms with van der Waals surface area (Å²) in [7, 11) is 0. The standard InChI is InChI=1S/C22H35N5O2.HI/c1-2-26-11-3-5-19(26)15-25-22(23-10-9-20-6-4-12-29-20)24-14-17-13-21(28)27(16-17)18-7-8-18;/h4,6,12,17-19H,2-3,5,7-11,13-16H2,1H3,(H2,23,24,25);1H. The Balaban J connectivity index is 0.00000256. The first-order chi connectivity index (χ1) is 14.2. The van der Waals surface area contributed by atoms with Gasteiger partial charge in [-0.3, -0.25) is 14.7 Å². The number of furan rings is 1. The van der Waals surface area contributed by atoms with Crippen molar-refractivity contribution in [2.75, 3.05) is 39.3 Å². The number of nitrogens with zero attached hydrogens (tertiary/aromatic N) is 3. The van der Waals surface area contributed by atoms with E-state index in [9.17, 15) is 4.79 Å². The summed E-state index contributed by atoms with van der Waals surface area (Å²) in [5.74, 6) is 2.49. The second kappa shape index (κ2) is 11.4. The first kappa shape index (κ1) is 23.4. The Morgan fingerprint density at radius 1 is 1.30 bits per heavy atom. The largest absolute Gasteiger partial charge is 0.469 e. The maximum absolute atomic E-state index is 12.2. The fourth-order valence-corrected chi connectivity index (χ4v) is 4.58. The number of halogens is 1. The average molecular weight is 529 g/mol. The van der Waals surface area contributed by atoms with Crippen molar-refractivity contribution >= 4 is 35.8 Å². The molecule has 0 bridgehead atoms. The Hall–Kier alpha value is -1.29. The topological polar surface area (TPSA) is 73.1 Å². The van der Waals surface area contributed by atoms with Gasteiger partial charge < -0.3 is 20.0 Å². The second-order valence-corrected chi connectivity index (χ2v) is 8.60. The molecule has 2 aliphatic heterocycles. The van der Waals surface area contributed by atoms with E-state index in [0.29, 0.717) is 36.9 Å². The van der Waals surface area contributed by atoms with Crippen molar-refractivity contribution in [1.29, 1.82) is 0 Å². The van der Waals surface area contributed by atoms with E-state index in [4.69, 9.17) is 9.41 Å². The molecule has 1 aliphatic carbocycles. The van der Waals surface area contributed by atoms with Gasteiger partial charge in [0, 0.05) is 57.0 Å². The molecule has 3 aliphatic rings. The number of carbonyl (C=O) groups is 1. The summed E-state index contributed by atoms with van der Waals surface area (Å²) in [4.78, 5) is 21.7. The van der Waals surface area contributed by atoms with Crippen LogP contribution in [0.2, 0.25) is 0 Å². The van der Waals surface area contributed by atoms with E-state index >= 15 is 0 Å². The van der Waals surface area contributed by atoms with Crippen molar-refractivity contribution in [2.45, 2.75) is 57.5 Å². The molecule has 1 aromatic heterocycles. The van der Waals surface area contributed by atoms with Crippen LogP contribution in [-0.2, 0) is 11.2 Å². The first-order valence-corrected chi connectivity index (χ1v) is 11.3. The summed E-state index contributed by atoms with van der Waals surface area (Å²) in [6, 6.07) is 5.02. The van der Waals surface area contributed by atoms with Crippen LogP contribution in [0.25, 0.3) is 0 Å². The maximum Gasteiger partial charge on any atom is 0.223 e. The van der Waals surface area contributed by atoms with Crippen LogP contribution >= 0.6 is 24.0 Å². The van der Waals surface area contributed by atoms with Gasteiger partial charge in [0.15, 0.2) is 5.96 Å². The second-order valence-electron chi connectivity index (χ2n) is 8.60. The molecule has 1 saturated carbocycles. The lowest BCUT2D eigenvalue weighted by atomic mass is 10.1.